The van der Waals surface area contributed by atoms with Crippen LogP contribution in [0.5, 0.6) is 5.75 Å². The highest BCUT2D eigenvalue weighted by atomic mass is 19.4. The Labute approximate surface area is 129 Å². The molecule has 1 aromatic carbocycles. The van der Waals surface area contributed by atoms with Gasteiger partial charge in [-0.25, -0.2) is 0 Å². The highest BCUT2D eigenvalue weighted by molar-refractivity contribution is 5.92. The number of halogens is 3. The number of carbonyl (C=O) groups is 1. The molecule has 5 nitrogen and oxygen atoms in total. The molecule has 2 rings (SSSR count). The zero-order valence-corrected chi connectivity index (χ0v) is 12.1. The number of alkyl halides is 3. The molecule has 0 aliphatic rings. The lowest BCUT2D eigenvalue weighted by Gasteiger charge is -2.11. The Balaban J connectivity index is 2.22. The van der Waals surface area contributed by atoms with E-state index < -0.39 is 24.1 Å². The minimum Gasteiger partial charge on any atom is -0.451 e. The minimum absolute atomic E-state index is 0.0304. The van der Waals surface area contributed by atoms with E-state index in [0.717, 1.165) is 6.07 Å². The standard InChI is InChI=1S/C15H14F3NO4/c1-9(20)8-19-14(21)13-7-6-11(22-13)10-4-2-3-5-12(10)23-15(16,17)18/h2-7,9,20H,8H2,1H3,(H,19,21)/t9-/m1/s1. The molecule has 0 bridgehead atoms. The average molecular weight is 329 g/mol. The molecule has 8 heteroatoms. The summed E-state index contributed by atoms with van der Waals surface area (Å²) in [6.45, 7) is 1.53. The number of para-hydroxylation sites is 1. The van der Waals surface area contributed by atoms with Gasteiger partial charge in [0, 0.05) is 6.54 Å². The van der Waals surface area contributed by atoms with Crippen molar-refractivity contribution in [2.24, 2.45) is 0 Å². The number of furan rings is 1. The number of benzene rings is 1. The van der Waals surface area contributed by atoms with Crippen LogP contribution in [0.15, 0.2) is 40.8 Å². The third-order valence-corrected chi connectivity index (χ3v) is 2.77. The summed E-state index contributed by atoms with van der Waals surface area (Å²) in [5.74, 6) is -1.02. The molecular weight excluding hydrogens is 315 g/mol. The molecule has 0 aliphatic carbocycles. The number of ether oxygens (including phenoxy) is 1. The number of aliphatic hydroxyl groups excluding tert-OH is 1. The van der Waals surface area contributed by atoms with Gasteiger partial charge in [-0.1, -0.05) is 12.1 Å². The SMILES string of the molecule is C[C@@H](O)CNC(=O)c1ccc(-c2ccccc2OC(F)(F)F)o1. The number of amides is 1. The number of nitrogens with one attached hydrogen (secondary N) is 1. The Hall–Kier alpha value is -2.48. The molecule has 1 aromatic heterocycles. The molecule has 23 heavy (non-hydrogen) atoms. The Bertz CT molecular complexity index is 679. The van der Waals surface area contributed by atoms with Crippen LogP contribution >= 0.6 is 0 Å². The largest absolute Gasteiger partial charge is 0.573 e. The molecule has 124 valence electrons. The first-order valence-corrected chi connectivity index (χ1v) is 6.67. The van der Waals surface area contributed by atoms with Crippen molar-refractivity contribution in [2.75, 3.05) is 6.54 Å². The molecule has 0 aliphatic heterocycles. The van der Waals surface area contributed by atoms with Crippen molar-refractivity contribution in [3.05, 3.63) is 42.2 Å². The van der Waals surface area contributed by atoms with Gasteiger partial charge < -0.3 is 19.6 Å². The van der Waals surface area contributed by atoms with Gasteiger partial charge in [0.1, 0.15) is 11.5 Å². The van der Waals surface area contributed by atoms with E-state index in [9.17, 15) is 18.0 Å². The smallest absolute Gasteiger partial charge is 0.451 e. The summed E-state index contributed by atoms with van der Waals surface area (Å²) in [7, 11) is 0. The summed E-state index contributed by atoms with van der Waals surface area (Å²) in [4.78, 5) is 11.8. The van der Waals surface area contributed by atoms with Crippen LogP contribution in [0.1, 0.15) is 17.5 Å². The molecule has 1 atom stereocenters. The summed E-state index contributed by atoms with van der Waals surface area (Å²) >= 11 is 0. The summed E-state index contributed by atoms with van der Waals surface area (Å²) in [6, 6.07) is 8.15. The fraction of sp³-hybridized carbons (Fsp3) is 0.267. The van der Waals surface area contributed by atoms with Gasteiger partial charge in [-0.3, -0.25) is 4.79 Å². The van der Waals surface area contributed by atoms with Gasteiger partial charge in [0.25, 0.3) is 5.91 Å². The lowest BCUT2D eigenvalue weighted by molar-refractivity contribution is -0.274. The molecule has 2 aromatic rings. The van der Waals surface area contributed by atoms with Crippen LogP contribution in [0.2, 0.25) is 0 Å². The maximum atomic E-state index is 12.4. The van der Waals surface area contributed by atoms with Crippen LogP contribution in [-0.4, -0.2) is 30.0 Å². The van der Waals surface area contributed by atoms with Crippen molar-refractivity contribution in [1.82, 2.24) is 5.32 Å². The second-order valence-electron chi connectivity index (χ2n) is 4.77. The molecule has 0 spiro atoms. The van der Waals surface area contributed by atoms with Gasteiger partial charge in [-0.2, -0.15) is 0 Å². The van der Waals surface area contributed by atoms with E-state index in [0.29, 0.717) is 0 Å². The van der Waals surface area contributed by atoms with Gasteiger partial charge in [0.2, 0.25) is 0 Å². The van der Waals surface area contributed by atoms with Crippen LogP contribution in [0.25, 0.3) is 11.3 Å². The number of hydrogen-bond acceptors (Lipinski definition) is 4. The van der Waals surface area contributed by atoms with E-state index in [1.54, 1.807) is 0 Å². The van der Waals surface area contributed by atoms with Crippen molar-refractivity contribution in [2.45, 2.75) is 19.4 Å². The fourth-order valence-electron chi connectivity index (χ4n) is 1.82. The lowest BCUT2D eigenvalue weighted by Crippen LogP contribution is -2.30. The summed E-state index contributed by atoms with van der Waals surface area (Å²) in [5, 5.41) is 11.5. The molecule has 0 unspecified atom stereocenters. The molecule has 0 saturated heterocycles. The predicted molar refractivity (Wildman–Crippen MR) is 74.8 cm³/mol. The van der Waals surface area contributed by atoms with Gasteiger partial charge in [0.15, 0.2) is 5.76 Å². The van der Waals surface area contributed by atoms with Crippen LogP contribution in [0.3, 0.4) is 0 Å². The second kappa shape index (κ2) is 6.74. The Morgan fingerprint density at radius 3 is 2.65 bits per heavy atom. The lowest BCUT2D eigenvalue weighted by atomic mass is 10.1. The maximum Gasteiger partial charge on any atom is 0.573 e. The van der Waals surface area contributed by atoms with E-state index in [1.807, 2.05) is 0 Å². The average Bonchev–Trinajstić information content (AvgIpc) is 2.93. The van der Waals surface area contributed by atoms with Gasteiger partial charge in [0.05, 0.1) is 11.7 Å². The van der Waals surface area contributed by atoms with Crippen LogP contribution in [0, 0.1) is 0 Å². The van der Waals surface area contributed by atoms with Crippen molar-refractivity contribution < 1.29 is 32.2 Å². The van der Waals surface area contributed by atoms with Crippen molar-refractivity contribution in [3.63, 3.8) is 0 Å². The van der Waals surface area contributed by atoms with E-state index in [1.165, 1.54) is 37.3 Å². The third-order valence-electron chi connectivity index (χ3n) is 2.77. The second-order valence-corrected chi connectivity index (χ2v) is 4.77. The van der Waals surface area contributed by atoms with Gasteiger partial charge in [-0.05, 0) is 31.2 Å². The molecule has 0 fully saturated rings. The highest BCUT2D eigenvalue weighted by Gasteiger charge is 2.32. The maximum absolute atomic E-state index is 12.4. The Kier molecular flexibility index (Phi) is 4.95. The normalized spacial score (nSPS) is 12.7. The van der Waals surface area contributed by atoms with E-state index in [2.05, 4.69) is 10.1 Å². The predicted octanol–water partition coefficient (Wildman–Crippen LogP) is 2.96. The Morgan fingerprint density at radius 1 is 1.30 bits per heavy atom. The number of carbonyl (C=O) groups excluding carboxylic acids is 1. The first-order chi connectivity index (χ1) is 10.8. The van der Waals surface area contributed by atoms with E-state index in [-0.39, 0.29) is 23.6 Å². The molecule has 1 amide bonds. The summed E-state index contributed by atoms with van der Waals surface area (Å²) in [5.41, 5.74) is 0.0689. The quantitative estimate of drug-likeness (QED) is 0.885. The van der Waals surface area contributed by atoms with Crippen LogP contribution in [0.4, 0.5) is 13.2 Å². The monoisotopic (exact) mass is 329 g/mol. The molecule has 1 heterocycles. The fourth-order valence-corrected chi connectivity index (χ4v) is 1.82. The zero-order chi connectivity index (χ0) is 17.0. The number of aliphatic hydroxyl groups is 1. The van der Waals surface area contributed by atoms with Crippen molar-refractivity contribution >= 4 is 5.91 Å². The minimum atomic E-state index is -4.83. The Morgan fingerprint density at radius 2 is 2.00 bits per heavy atom. The van der Waals surface area contributed by atoms with Crippen molar-refractivity contribution in [1.29, 1.82) is 0 Å². The van der Waals surface area contributed by atoms with Gasteiger partial charge >= 0.3 is 6.36 Å². The van der Waals surface area contributed by atoms with E-state index in [4.69, 9.17) is 9.52 Å². The number of rotatable bonds is 5. The van der Waals surface area contributed by atoms with Crippen LogP contribution < -0.4 is 10.1 Å². The molecular formula is C15H14F3NO4. The van der Waals surface area contributed by atoms with E-state index >= 15 is 0 Å². The van der Waals surface area contributed by atoms with Crippen molar-refractivity contribution in [3.8, 4) is 17.1 Å². The van der Waals surface area contributed by atoms with Crippen LogP contribution in [-0.2, 0) is 0 Å². The summed E-state index contributed by atoms with van der Waals surface area (Å²) < 4.78 is 46.4. The summed E-state index contributed by atoms with van der Waals surface area (Å²) in [6.07, 6.45) is -5.56. The third kappa shape index (κ3) is 4.75. The van der Waals surface area contributed by atoms with Gasteiger partial charge in [-0.15, -0.1) is 13.2 Å². The first kappa shape index (κ1) is 16.9. The topological polar surface area (TPSA) is 71.7 Å². The highest BCUT2D eigenvalue weighted by Crippen LogP contribution is 2.34. The first-order valence-electron chi connectivity index (χ1n) is 6.67. The number of hydrogen-bond donors (Lipinski definition) is 2. The molecule has 0 radical (unpaired) electrons. The zero-order valence-electron chi connectivity index (χ0n) is 12.1. The molecule has 2 N–H and O–H groups in total. The molecule has 0 saturated carbocycles.